The van der Waals surface area contributed by atoms with Crippen molar-refractivity contribution in [3.05, 3.63) is 48.6 Å². The van der Waals surface area contributed by atoms with Crippen LogP contribution in [0.2, 0.25) is 0 Å². The minimum absolute atomic E-state index is 0.0878. The molecular weight excluding hydrogens is 707 g/mol. The third-order valence-electron chi connectivity index (χ3n) is 8.65. The summed E-state index contributed by atoms with van der Waals surface area (Å²) in [5.41, 5.74) is 0. The summed E-state index contributed by atoms with van der Waals surface area (Å²) in [4.78, 5) is 34.6. The Morgan fingerprint density at radius 3 is 1.60 bits per heavy atom. The van der Waals surface area contributed by atoms with Crippen LogP contribution in [-0.2, 0) is 32.7 Å². The summed E-state index contributed by atoms with van der Waals surface area (Å²) in [5, 5.41) is 49.6. The maximum absolute atomic E-state index is 12.6. The largest absolute Gasteiger partial charge is 0.472 e. The van der Waals surface area contributed by atoms with Gasteiger partial charge in [0.15, 0.2) is 6.10 Å². The number of hydrogen-bond donors (Lipinski definition) is 6. The quantitative estimate of drug-likeness (QED) is 0.0213. The fourth-order valence-electron chi connectivity index (χ4n) is 5.55. The van der Waals surface area contributed by atoms with Gasteiger partial charge in [-0.25, -0.2) is 4.57 Å². The van der Waals surface area contributed by atoms with Crippen LogP contribution >= 0.6 is 7.82 Å². The molecule has 0 aromatic rings. The average Bonchev–Trinajstić information content (AvgIpc) is 3.13. The van der Waals surface area contributed by atoms with Gasteiger partial charge < -0.3 is 39.9 Å². The molecule has 1 aliphatic carbocycles. The predicted molar refractivity (Wildman–Crippen MR) is 203 cm³/mol. The van der Waals surface area contributed by atoms with Crippen molar-refractivity contribution in [2.45, 2.75) is 172 Å². The molecule has 0 bridgehead atoms. The van der Waals surface area contributed by atoms with Crippen molar-refractivity contribution < 1.29 is 63.1 Å². The minimum atomic E-state index is -5.09. The predicted octanol–water partition coefficient (Wildman–Crippen LogP) is 6.05. The molecule has 1 saturated carbocycles. The highest BCUT2D eigenvalue weighted by Crippen LogP contribution is 2.47. The zero-order valence-electron chi connectivity index (χ0n) is 31.8. The molecule has 0 saturated heterocycles. The molecule has 306 valence electrons. The third kappa shape index (κ3) is 23.4. The van der Waals surface area contributed by atoms with Crippen LogP contribution in [-0.4, -0.2) is 98.3 Å². The van der Waals surface area contributed by atoms with Crippen LogP contribution in [0, 0.1) is 0 Å². The van der Waals surface area contributed by atoms with Gasteiger partial charge >= 0.3 is 19.8 Å². The molecule has 1 fully saturated rings. The van der Waals surface area contributed by atoms with Gasteiger partial charge in [-0.1, -0.05) is 114 Å². The van der Waals surface area contributed by atoms with Crippen LogP contribution in [0.25, 0.3) is 0 Å². The monoisotopic (exact) mass is 774 g/mol. The topological polar surface area (TPSA) is 210 Å². The summed E-state index contributed by atoms with van der Waals surface area (Å²) in [6.45, 7) is 2.72. The first-order valence-electron chi connectivity index (χ1n) is 19.4. The molecule has 0 aromatic carbocycles. The summed E-state index contributed by atoms with van der Waals surface area (Å²) >= 11 is 0. The summed E-state index contributed by atoms with van der Waals surface area (Å²) < 4.78 is 32.7. The maximum Gasteiger partial charge on any atom is 0.472 e. The van der Waals surface area contributed by atoms with E-state index >= 15 is 0 Å². The normalized spacial score (nSPS) is 24.0. The standard InChI is InChI=1S/C39H67O13P/c1-3-5-6-7-8-9-10-11-12-13-14-15-16-17-18-19-20-21-22-23-24-25-26-28-33(41)51-31(29-49-32(40)27-4-2)30-50-53(47,48)52-39-37(45)35(43)34(42)36(44)38(39)46/h5-6,8-9,11-12,14-15,31,34-39,42-46H,3-4,7,10,13,16-30H2,1-2H3,(H,47,48)/b6-5-,9-8-,12-11-,15-14-. The molecule has 1 aliphatic rings. The number of phosphoric acid groups is 1. The number of aliphatic hydroxyl groups is 5. The molecule has 0 amide bonds. The molecule has 13 nitrogen and oxygen atoms in total. The molecule has 6 N–H and O–H groups in total. The van der Waals surface area contributed by atoms with Gasteiger partial charge in [-0.15, -0.1) is 0 Å². The van der Waals surface area contributed by atoms with E-state index in [0.29, 0.717) is 12.8 Å². The highest BCUT2D eigenvalue weighted by Gasteiger charge is 2.51. The fraction of sp³-hybridized carbons (Fsp3) is 0.744. The summed E-state index contributed by atoms with van der Waals surface area (Å²) in [5.74, 6) is -1.17. The molecular formula is C39H67O13P. The molecule has 0 aliphatic heterocycles. The highest BCUT2D eigenvalue weighted by molar-refractivity contribution is 7.47. The van der Waals surface area contributed by atoms with Gasteiger partial charge in [0.25, 0.3) is 0 Å². The molecule has 0 aromatic heterocycles. The van der Waals surface area contributed by atoms with E-state index in [2.05, 4.69) is 55.5 Å². The van der Waals surface area contributed by atoms with E-state index in [0.717, 1.165) is 57.8 Å². The number of carbonyl (C=O) groups is 2. The van der Waals surface area contributed by atoms with Crippen molar-refractivity contribution in [1.82, 2.24) is 0 Å². The second-order valence-corrected chi connectivity index (χ2v) is 14.8. The number of esters is 2. The number of rotatable bonds is 30. The first-order valence-corrected chi connectivity index (χ1v) is 20.9. The minimum Gasteiger partial charge on any atom is -0.462 e. The first kappa shape index (κ1) is 48.8. The van der Waals surface area contributed by atoms with Crippen LogP contribution < -0.4 is 0 Å². The maximum atomic E-state index is 12.6. The molecule has 53 heavy (non-hydrogen) atoms. The van der Waals surface area contributed by atoms with Gasteiger partial charge in [-0.05, 0) is 51.4 Å². The van der Waals surface area contributed by atoms with E-state index in [9.17, 15) is 44.6 Å². The van der Waals surface area contributed by atoms with Crippen LogP contribution in [0.4, 0.5) is 0 Å². The van der Waals surface area contributed by atoms with Crippen LogP contribution in [0.3, 0.4) is 0 Å². The van der Waals surface area contributed by atoms with Crippen molar-refractivity contribution in [2.24, 2.45) is 0 Å². The SMILES string of the molecule is CC/C=C\C/C=C\C/C=C\C/C=C\CCCCCCCCCCCCC(=O)OC(COC(=O)CCC)COP(=O)(O)OC1C(O)C(O)C(O)C(O)C1O. The van der Waals surface area contributed by atoms with E-state index in [-0.39, 0.29) is 12.8 Å². The Labute approximate surface area is 316 Å². The fourth-order valence-corrected chi connectivity index (χ4v) is 6.52. The van der Waals surface area contributed by atoms with Gasteiger partial charge in [-0.2, -0.15) is 0 Å². The summed E-state index contributed by atoms with van der Waals surface area (Å²) in [7, 11) is -5.09. The first-order chi connectivity index (χ1) is 25.4. The third-order valence-corrected chi connectivity index (χ3v) is 9.64. The van der Waals surface area contributed by atoms with E-state index in [1.54, 1.807) is 6.92 Å². The lowest BCUT2D eigenvalue weighted by atomic mass is 9.85. The van der Waals surface area contributed by atoms with Gasteiger partial charge in [0.1, 0.15) is 43.2 Å². The summed E-state index contributed by atoms with van der Waals surface area (Å²) in [6, 6.07) is 0. The molecule has 0 heterocycles. The van der Waals surface area contributed by atoms with Crippen LogP contribution in [0.1, 0.15) is 129 Å². The highest BCUT2D eigenvalue weighted by atomic mass is 31.2. The second-order valence-electron chi connectivity index (χ2n) is 13.4. The number of ether oxygens (including phenoxy) is 2. The van der Waals surface area contributed by atoms with E-state index in [1.807, 2.05) is 0 Å². The summed E-state index contributed by atoms with van der Waals surface area (Å²) in [6.07, 6.45) is 21.1. The Balaban J connectivity index is 2.25. The lowest BCUT2D eigenvalue weighted by molar-refractivity contribution is -0.220. The van der Waals surface area contributed by atoms with Gasteiger partial charge in [-0.3, -0.25) is 18.6 Å². The van der Waals surface area contributed by atoms with Gasteiger partial charge in [0, 0.05) is 12.8 Å². The molecule has 14 heteroatoms. The van der Waals surface area contributed by atoms with Crippen LogP contribution in [0.15, 0.2) is 48.6 Å². The number of phosphoric ester groups is 1. The van der Waals surface area contributed by atoms with Crippen molar-refractivity contribution >= 4 is 19.8 Å². The molecule has 6 atom stereocenters. The van der Waals surface area contributed by atoms with Gasteiger partial charge in [0.05, 0.1) is 6.61 Å². The number of unbranched alkanes of at least 4 members (excludes halogenated alkanes) is 10. The average molecular weight is 775 g/mol. The molecule has 0 spiro atoms. The molecule has 6 unspecified atom stereocenters. The number of carbonyl (C=O) groups excluding carboxylic acids is 2. The number of hydrogen-bond acceptors (Lipinski definition) is 12. The molecule has 1 rings (SSSR count). The number of aliphatic hydroxyl groups excluding tert-OH is 5. The van der Waals surface area contributed by atoms with Crippen molar-refractivity contribution in [2.75, 3.05) is 13.2 Å². The zero-order valence-corrected chi connectivity index (χ0v) is 32.7. The van der Waals surface area contributed by atoms with Gasteiger partial charge in [0.2, 0.25) is 0 Å². The lowest BCUT2D eigenvalue weighted by Gasteiger charge is -2.41. The van der Waals surface area contributed by atoms with E-state index in [1.165, 1.54) is 32.1 Å². The Kier molecular flexibility index (Phi) is 27.7. The Morgan fingerprint density at radius 2 is 1.08 bits per heavy atom. The van der Waals surface area contributed by atoms with E-state index < -0.39 is 75.7 Å². The Bertz CT molecular complexity index is 1120. The number of allylic oxidation sites excluding steroid dienone is 8. The Morgan fingerprint density at radius 1 is 0.604 bits per heavy atom. The second kappa shape index (κ2) is 30.1. The zero-order chi connectivity index (χ0) is 39.3. The van der Waals surface area contributed by atoms with Crippen molar-refractivity contribution in [3.63, 3.8) is 0 Å². The van der Waals surface area contributed by atoms with Crippen LogP contribution in [0.5, 0.6) is 0 Å². The van der Waals surface area contributed by atoms with Crippen molar-refractivity contribution in [3.8, 4) is 0 Å². The van der Waals surface area contributed by atoms with Crippen molar-refractivity contribution in [1.29, 1.82) is 0 Å². The smallest absolute Gasteiger partial charge is 0.462 e. The molecule has 0 radical (unpaired) electrons. The Hall–Kier alpha value is -2.19. The van der Waals surface area contributed by atoms with E-state index in [4.69, 9.17) is 18.5 Å². The lowest BCUT2D eigenvalue weighted by Crippen LogP contribution is -2.64.